The van der Waals surface area contributed by atoms with Crippen molar-refractivity contribution in [3.63, 3.8) is 0 Å². The zero-order valence-electron chi connectivity index (χ0n) is 11.1. The van der Waals surface area contributed by atoms with Crippen molar-refractivity contribution >= 4 is 34.7 Å². The highest BCUT2D eigenvalue weighted by Crippen LogP contribution is 2.30. The van der Waals surface area contributed by atoms with E-state index in [1.165, 1.54) is 0 Å². The highest BCUT2D eigenvalue weighted by Gasteiger charge is 2.15. The lowest BCUT2D eigenvalue weighted by molar-refractivity contribution is 0.316. The van der Waals surface area contributed by atoms with Gasteiger partial charge in [0.1, 0.15) is 5.84 Å². The van der Waals surface area contributed by atoms with E-state index in [9.17, 15) is 0 Å². The van der Waals surface area contributed by atoms with Crippen molar-refractivity contribution in [1.29, 1.82) is 0 Å². The molecule has 4 nitrogen and oxygen atoms in total. The molecular weight excluding hydrogens is 309 g/mol. The standard InChI is InChI=1S/C15H15Cl2N3O/c16-11-6-7-13(12(17)8-11)19-14(9-15(18)20-21)10-4-2-1-3-5-10/h1-8,14,19,21H,9H2,(H2,18,20). The number of anilines is 1. The number of hydrogen-bond donors (Lipinski definition) is 3. The molecule has 4 N–H and O–H groups in total. The molecule has 0 aliphatic heterocycles. The topological polar surface area (TPSA) is 70.6 Å². The molecule has 2 rings (SSSR count). The van der Waals surface area contributed by atoms with Crippen LogP contribution in [0.1, 0.15) is 18.0 Å². The summed E-state index contributed by atoms with van der Waals surface area (Å²) in [5, 5.41) is 16.2. The highest BCUT2D eigenvalue weighted by atomic mass is 35.5. The normalized spacial score (nSPS) is 13.0. The monoisotopic (exact) mass is 323 g/mol. The Labute approximate surface area is 133 Å². The minimum atomic E-state index is -0.166. The number of halogens is 2. The molecule has 0 fully saturated rings. The third-order valence-corrected chi connectivity index (χ3v) is 3.55. The van der Waals surface area contributed by atoms with E-state index in [1.54, 1.807) is 18.2 Å². The zero-order valence-corrected chi connectivity index (χ0v) is 12.6. The molecule has 0 amide bonds. The molecule has 0 spiro atoms. The molecule has 0 aliphatic rings. The lowest BCUT2D eigenvalue weighted by atomic mass is 10.0. The number of nitrogens with zero attached hydrogens (tertiary/aromatic N) is 1. The first-order valence-electron chi connectivity index (χ1n) is 6.33. The summed E-state index contributed by atoms with van der Waals surface area (Å²) in [7, 11) is 0. The van der Waals surface area contributed by atoms with E-state index in [1.807, 2.05) is 30.3 Å². The Morgan fingerprint density at radius 3 is 2.52 bits per heavy atom. The van der Waals surface area contributed by atoms with Gasteiger partial charge >= 0.3 is 0 Å². The van der Waals surface area contributed by atoms with Crippen LogP contribution in [0.3, 0.4) is 0 Å². The van der Waals surface area contributed by atoms with Crippen LogP contribution in [-0.4, -0.2) is 11.0 Å². The van der Waals surface area contributed by atoms with Gasteiger partial charge in [-0.2, -0.15) is 0 Å². The summed E-state index contributed by atoms with van der Waals surface area (Å²) in [5.41, 5.74) is 7.38. The van der Waals surface area contributed by atoms with Crippen molar-refractivity contribution < 1.29 is 5.21 Å². The van der Waals surface area contributed by atoms with Gasteiger partial charge in [0, 0.05) is 11.4 Å². The Bertz CT molecular complexity index is 632. The van der Waals surface area contributed by atoms with E-state index in [0.717, 1.165) is 11.3 Å². The molecule has 0 saturated carbocycles. The number of benzene rings is 2. The Hall–Kier alpha value is -1.91. The number of nitrogens with one attached hydrogen (secondary N) is 1. The number of nitrogens with two attached hydrogens (primary N) is 1. The van der Waals surface area contributed by atoms with E-state index in [-0.39, 0.29) is 11.9 Å². The molecule has 1 unspecified atom stereocenters. The number of amidine groups is 1. The molecule has 110 valence electrons. The van der Waals surface area contributed by atoms with Gasteiger partial charge in [-0.3, -0.25) is 0 Å². The summed E-state index contributed by atoms with van der Waals surface area (Å²) in [4.78, 5) is 0. The van der Waals surface area contributed by atoms with Crippen molar-refractivity contribution in [2.75, 3.05) is 5.32 Å². The minimum Gasteiger partial charge on any atom is -0.409 e. The molecule has 1 atom stereocenters. The van der Waals surface area contributed by atoms with Crippen LogP contribution < -0.4 is 11.1 Å². The third kappa shape index (κ3) is 4.28. The van der Waals surface area contributed by atoms with Gasteiger partial charge in [-0.15, -0.1) is 0 Å². The van der Waals surface area contributed by atoms with E-state index >= 15 is 0 Å². The third-order valence-electron chi connectivity index (χ3n) is 3.00. The summed E-state index contributed by atoms with van der Waals surface area (Å²) < 4.78 is 0. The minimum absolute atomic E-state index is 0.140. The largest absolute Gasteiger partial charge is 0.409 e. The first-order valence-corrected chi connectivity index (χ1v) is 7.08. The van der Waals surface area contributed by atoms with E-state index < -0.39 is 0 Å². The molecule has 2 aromatic rings. The summed E-state index contributed by atoms with van der Waals surface area (Å²) in [6.45, 7) is 0. The van der Waals surface area contributed by atoms with Crippen molar-refractivity contribution in [2.24, 2.45) is 10.9 Å². The van der Waals surface area contributed by atoms with Gasteiger partial charge in [-0.25, -0.2) is 0 Å². The first kappa shape index (κ1) is 15.5. The molecule has 0 saturated heterocycles. The molecule has 0 heterocycles. The second-order valence-electron chi connectivity index (χ2n) is 4.53. The molecule has 0 bridgehead atoms. The Morgan fingerprint density at radius 2 is 1.90 bits per heavy atom. The van der Waals surface area contributed by atoms with Crippen LogP contribution in [0.4, 0.5) is 5.69 Å². The van der Waals surface area contributed by atoms with Gasteiger partial charge in [-0.05, 0) is 23.8 Å². The molecule has 6 heteroatoms. The second-order valence-corrected chi connectivity index (χ2v) is 5.37. The fraction of sp³-hybridized carbons (Fsp3) is 0.133. The SMILES string of the molecule is NC(CC(Nc1ccc(Cl)cc1Cl)c1ccccc1)=NO. The van der Waals surface area contributed by atoms with Crippen molar-refractivity contribution in [3.05, 3.63) is 64.1 Å². The Kier molecular flexibility index (Phi) is 5.31. The van der Waals surface area contributed by atoms with E-state index in [0.29, 0.717) is 16.5 Å². The lowest BCUT2D eigenvalue weighted by Gasteiger charge is -2.20. The highest BCUT2D eigenvalue weighted by molar-refractivity contribution is 6.36. The summed E-state index contributed by atoms with van der Waals surface area (Å²) in [6, 6.07) is 14.8. The molecule has 0 radical (unpaired) electrons. The van der Waals surface area contributed by atoms with E-state index in [2.05, 4.69) is 10.5 Å². The smallest absolute Gasteiger partial charge is 0.141 e. The fourth-order valence-electron chi connectivity index (χ4n) is 1.98. The maximum absolute atomic E-state index is 8.78. The van der Waals surface area contributed by atoms with Gasteiger partial charge < -0.3 is 16.3 Å². The summed E-state index contributed by atoms with van der Waals surface area (Å²) in [6.07, 6.45) is 0.347. The molecule has 0 aromatic heterocycles. The van der Waals surface area contributed by atoms with Crippen LogP contribution in [0, 0.1) is 0 Å². The predicted octanol–water partition coefficient (Wildman–Crippen LogP) is 4.28. The molecular formula is C15H15Cl2N3O. The van der Waals surface area contributed by atoms with E-state index in [4.69, 9.17) is 34.1 Å². The maximum Gasteiger partial charge on any atom is 0.141 e. The van der Waals surface area contributed by atoms with Gasteiger partial charge in [0.15, 0.2) is 0 Å². The quantitative estimate of drug-likeness (QED) is 0.333. The number of hydrogen-bond acceptors (Lipinski definition) is 3. The van der Waals surface area contributed by atoms with Crippen LogP contribution in [-0.2, 0) is 0 Å². The summed E-state index contributed by atoms with van der Waals surface area (Å²) >= 11 is 12.1. The van der Waals surface area contributed by atoms with Crippen LogP contribution >= 0.6 is 23.2 Å². The molecule has 2 aromatic carbocycles. The predicted molar refractivity (Wildman–Crippen MR) is 87.3 cm³/mol. The van der Waals surface area contributed by atoms with Gasteiger partial charge in [0.25, 0.3) is 0 Å². The van der Waals surface area contributed by atoms with Crippen molar-refractivity contribution in [2.45, 2.75) is 12.5 Å². The van der Waals surface area contributed by atoms with Crippen LogP contribution in [0.25, 0.3) is 0 Å². The number of oxime groups is 1. The van der Waals surface area contributed by atoms with Crippen molar-refractivity contribution in [3.8, 4) is 0 Å². The fourth-order valence-corrected chi connectivity index (χ4v) is 2.44. The average molecular weight is 324 g/mol. The molecule has 0 aliphatic carbocycles. The van der Waals surface area contributed by atoms with Gasteiger partial charge in [0.2, 0.25) is 0 Å². The van der Waals surface area contributed by atoms with Crippen LogP contribution in [0.5, 0.6) is 0 Å². The first-order chi connectivity index (χ1) is 10.1. The second kappa shape index (κ2) is 7.20. The van der Waals surface area contributed by atoms with Crippen LogP contribution in [0.2, 0.25) is 10.0 Å². The van der Waals surface area contributed by atoms with Gasteiger partial charge in [0.05, 0.1) is 16.8 Å². The van der Waals surface area contributed by atoms with Crippen LogP contribution in [0.15, 0.2) is 53.7 Å². The Morgan fingerprint density at radius 1 is 1.19 bits per heavy atom. The Balaban J connectivity index is 2.27. The average Bonchev–Trinajstić information content (AvgIpc) is 2.49. The van der Waals surface area contributed by atoms with Crippen molar-refractivity contribution in [1.82, 2.24) is 0 Å². The lowest BCUT2D eigenvalue weighted by Crippen LogP contribution is -2.21. The summed E-state index contributed by atoms with van der Waals surface area (Å²) in [5.74, 6) is 0.140. The zero-order chi connectivity index (χ0) is 15.2. The molecule has 21 heavy (non-hydrogen) atoms. The van der Waals surface area contributed by atoms with Gasteiger partial charge in [-0.1, -0.05) is 58.7 Å². The number of rotatable bonds is 5. The maximum atomic E-state index is 8.78.